The van der Waals surface area contributed by atoms with Crippen molar-refractivity contribution in [3.63, 3.8) is 0 Å². The first kappa shape index (κ1) is 21.8. The Bertz CT molecular complexity index is 637. The molecule has 4 atom stereocenters. The number of carbonyl (C=O) groups is 3. The third-order valence-corrected chi connectivity index (χ3v) is 4.67. The molecule has 1 heterocycles. The first-order chi connectivity index (χ1) is 12.1. The average Bonchev–Trinajstić information content (AvgIpc) is 3.04. The summed E-state index contributed by atoms with van der Waals surface area (Å²) in [6.07, 6.45) is 0.757. The minimum atomic E-state index is -1.47. The number of nitrogens with one attached hydrogen (secondary N) is 2. The molecule has 0 spiro atoms. The number of aromatic nitrogens is 1. The fourth-order valence-electron chi connectivity index (χ4n) is 1.94. The number of carboxylic acids is 1. The maximum Gasteiger partial charge on any atom is 0.328 e. The summed E-state index contributed by atoms with van der Waals surface area (Å²) >= 11 is 1.15. The first-order valence-electron chi connectivity index (χ1n) is 7.74. The van der Waals surface area contributed by atoms with E-state index in [4.69, 9.17) is 21.7 Å². The molecule has 26 heavy (non-hydrogen) atoms. The number of carbonyl (C=O) groups excluding carboxylic acids is 2. The number of hydrogen-bond donors (Lipinski definition) is 7. The quantitative estimate of drug-likeness (QED) is 0.252. The number of amides is 3. The second-order valence-corrected chi connectivity index (χ2v) is 6.71. The molecule has 0 radical (unpaired) electrons. The number of nitrogens with zero attached hydrogens (tertiary/aromatic N) is 1. The molecule has 0 bridgehead atoms. The molecule has 11 nitrogen and oxygen atoms in total. The number of urea groups is 1. The largest absolute Gasteiger partial charge is 0.480 e. The Labute approximate surface area is 153 Å². The van der Waals surface area contributed by atoms with Crippen molar-refractivity contribution in [1.82, 2.24) is 15.6 Å². The van der Waals surface area contributed by atoms with Crippen molar-refractivity contribution < 1.29 is 29.7 Å². The molecule has 12 heteroatoms. The van der Waals surface area contributed by atoms with E-state index in [0.717, 1.165) is 11.3 Å². The molecule has 1 rings (SSSR count). The van der Waals surface area contributed by atoms with Crippen LogP contribution in [0, 0.1) is 0 Å². The Morgan fingerprint density at radius 3 is 2.50 bits per heavy atom. The smallest absolute Gasteiger partial charge is 0.328 e. The molecule has 3 amide bonds. The van der Waals surface area contributed by atoms with Crippen LogP contribution in [0.25, 0.3) is 0 Å². The highest BCUT2D eigenvalue weighted by molar-refractivity contribution is 7.11. The molecule has 0 aliphatic heterocycles. The van der Waals surface area contributed by atoms with E-state index in [1.165, 1.54) is 13.1 Å². The zero-order valence-electron chi connectivity index (χ0n) is 14.1. The van der Waals surface area contributed by atoms with Crippen LogP contribution in [0.1, 0.15) is 41.7 Å². The van der Waals surface area contributed by atoms with E-state index >= 15 is 0 Å². The number of nitrogens with two attached hydrogens (primary N) is 2. The third-order valence-electron chi connectivity index (χ3n) is 3.46. The molecule has 9 N–H and O–H groups in total. The highest BCUT2D eigenvalue weighted by atomic mass is 32.1. The van der Waals surface area contributed by atoms with Gasteiger partial charge in [0.05, 0.1) is 24.8 Å². The number of primary amides is 1. The van der Waals surface area contributed by atoms with Crippen LogP contribution >= 0.6 is 11.3 Å². The Morgan fingerprint density at radius 1 is 1.35 bits per heavy atom. The number of thiazole rings is 1. The van der Waals surface area contributed by atoms with E-state index in [1.807, 2.05) is 0 Å². The normalized spacial score (nSPS) is 15.5. The van der Waals surface area contributed by atoms with Gasteiger partial charge < -0.3 is 37.4 Å². The molecule has 146 valence electrons. The Balaban J connectivity index is 2.89. The van der Waals surface area contributed by atoms with Gasteiger partial charge in [-0.15, -0.1) is 11.3 Å². The highest BCUT2D eigenvalue weighted by Crippen LogP contribution is 2.28. The summed E-state index contributed by atoms with van der Waals surface area (Å²) in [6.45, 7) is 0.751. The van der Waals surface area contributed by atoms with E-state index in [1.54, 1.807) is 0 Å². The number of carboxylic acid groups (broad SMARTS) is 1. The molecule has 0 saturated heterocycles. The predicted octanol–water partition coefficient (Wildman–Crippen LogP) is -1.42. The van der Waals surface area contributed by atoms with Crippen molar-refractivity contribution in [3.05, 3.63) is 16.1 Å². The zero-order chi connectivity index (χ0) is 19.9. The Morgan fingerprint density at radius 2 is 2.00 bits per heavy atom. The van der Waals surface area contributed by atoms with Gasteiger partial charge in [0.15, 0.2) is 6.04 Å². The molecule has 1 aromatic rings. The van der Waals surface area contributed by atoms with E-state index in [0.29, 0.717) is 9.88 Å². The van der Waals surface area contributed by atoms with Crippen LogP contribution in [0.3, 0.4) is 0 Å². The summed E-state index contributed by atoms with van der Waals surface area (Å²) in [7, 11) is 0. The lowest BCUT2D eigenvalue weighted by atomic mass is 10.1. The number of aliphatic hydroxyl groups excluding tert-OH is 2. The molecule has 0 fully saturated rings. The molecule has 0 unspecified atom stereocenters. The standard InChI is InChI=1S/C14H23N5O6S/c1-6(21)11(16)9-4-17-12(26-9)7(2-3-10(15)22)18-14(25)19-8(5-20)13(23)24/h4,6-8,11,20-21H,2-3,5,16H2,1H3,(H2,15,22)(H,23,24)(H2,18,19,25)/t6-,7+,8+,11+/m1/s1. The van der Waals surface area contributed by atoms with Crippen LogP contribution < -0.4 is 22.1 Å². The molecule has 0 aliphatic rings. The van der Waals surface area contributed by atoms with Gasteiger partial charge in [-0.25, -0.2) is 14.6 Å². The van der Waals surface area contributed by atoms with Crippen LogP contribution in [0.15, 0.2) is 6.20 Å². The maximum atomic E-state index is 12.0. The van der Waals surface area contributed by atoms with Gasteiger partial charge in [0, 0.05) is 17.5 Å². The number of rotatable bonds is 10. The predicted molar refractivity (Wildman–Crippen MR) is 92.1 cm³/mol. The molecule has 0 aromatic carbocycles. The van der Waals surface area contributed by atoms with Crippen molar-refractivity contribution in [1.29, 1.82) is 0 Å². The van der Waals surface area contributed by atoms with Gasteiger partial charge in [0.1, 0.15) is 5.01 Å². The third kappa shape index (κ3) is 6.55. The summed E-state index contributed by atoms with van der Waals surface area (Å²) in [5.74, 6) is -1.97. The SMILES string of the molecule is C[C@@H](O)[C@H](N)c1cnc([C@H](CCC(N)=O)NC(=O)N[C@@H](CO)C(=O)O)s1. The van der Waals surface area contributed by atoms with Crippen LogP contribution in [-0.2, 0) is 9.59 Å². The van der Waals surface area contributed by atoms with Gasteiger partial charge in [0.25, 0.3) is 0 Å². The highest BCUT2D eigenvalue weighted by Gasteiger charge is 2.24. The summed E-state index contributed by atoms with van der Waals surface area (Å²) in [4.78, 5) is 38.6. The minimum absolute atomic E-state index is 0.0370. The van der Waals surface area contributed by atoms with Gasteiger partial charge in [-0.05, 0) is 13.3 Å². The summed E-state index contributed by atoms with van der Waals surface area (Å²) < 4.78 is 0. The lowest BCUT2D eigenvalue weighted by Crippen LogP contribution is -2.48. The van der Waals surface area contributed by atoms with E-state index in [9.17, 15) is 19.5 Å². The minimum Gasteiger partial charge on any atom is -0.480 e. The molecule has 0 saturated carbocycles. The van der Waals surface area contributed by atoms with Crippen LogP contribution in [0.5, 0.6) is 0 Å². The molecule has 1 aromatic heterocycles. The van der Waals surface area contributed by atoms with Gasteiger partial charge in [0.2, 0.25) is 5.91 Å². The monoisotopic (exact) mass is 389 g/mol. The van der Waals surface area contributed by atoms with Crippen LogP contribution in [0.4, 0.5) is 4.79 Å². The zero-order valence-corrected chi connectivity index (χ0v) is 14.9. The van der Waals surface area contributed by atoms with E-state index in [2.05, 4.69) is 15.6 Å². The van der Waals surface area contributed by atoms with Gasteiger partial charge in [-0.3, -0.25) is 4.79 Å². The van der Waals surface area contributed by atoms with Crippen LogP contribution in [0.2, 0.25) is 0 Å². The maximum absolute atomic E-state index is 12.0. The Kier molecular flexibility index (Phi) is 8.38. The van der Waals surface area contributed by atoms with Crippen molar-refractivity contribution >= 4 is 29.2 Å². The second-order valence-electron chi connectivity index (χ2n) is 5.62. The van der Waals surface area contributed by atoms with Crippen molar-refractivity contribution in [2.45, 2.75) is 44.0 Å². The molecular weight excluding hydrogens is 366 g/mol. The Hall–Kier alpha value is -2.28. The number of aliphatic hydroxyl groups is 2. The summed E-state index contributed by atoms with van der Waals surface area (Å²) in [6, 6.07) is -3.70. The van der Waals surface area contributed by atoms with Crippen LogP contribution in [-0.4, -0.2) is 57.0 Å². The van der Waals surface area contributed by atoms with Gasteiger partial charge in [-0.2, -0.15) is 0 Å². The van der Waals surface area contributed by atoms with Gasteiger partial charge >= 0.3 is 12.0 Å². The molecular formula is C14H23N5O6S. The second kappa shape index (κ2) is 10.0. The van der Waals surface area contributed by atoms with Crippen molar-refractivity contribution in [3.8, 4) is 0 Å². The fraction of sp³-hybridized carbons (Fsp3) is 0.571. The fourth-order valence-corrected chi connectivity index (χ4v) is 3.05. The lowest BCUT2D eigenvalue weighted by Gasteiger charge is -2.18. The lowest BCUT2D eigenvalue weighted by molar-refractivity contribution is -0.140. The van der Waals surface area contributed by atoms with Gasteiger partial charge in [-0.1, -0.05) is 0 Å². The van der Waals surface area contributed by atoms with Crippen molar-refractivity contribution in [2.24, 2.45) is 11.5 Å². The number of hydrogen-bond acceptors (Lipinski definition) is 8. The average molecular weight is 389 g/mol. The van der Waals surface area contributed by atoms with Crippen molar-refractivity contribution in [2.75, 3.05) is 6.61 Å². The summed E-state index contributed by atoms with van der Waals surface area (Å²) in [5, 5.41) is 32.4. The topological polar surface area (TPSA) is 201 Å². The number of aliphatic carboxylic acids is 1. The first-order valence-corrected chi connectivity index (χ1v) is 8.55. The summed E-state index contributed by atoms with van der Waals surface area (Å²) in [5.41, 5.74) is 11.0. The van der Waals surface area contributed by atoms with E-state index < -0.39 is 48.7 Å². The molecule has 0 aliphatic carbocycles. The van der Waals surface area contributed by atoms with E-state index in [-0.39, 0.29) is 12.8 Å².